The van der Waals surface area contributed by atoms with Crippen molar-refractivity contribution < 1.29 is 13.2 Å². The fraction of sp³-hybridized carbons (Fsp3) is 0.455. The Morgan fingerprint density at radius 1 is 1.38 bits per heavy atom. The zero-order valence-corrected chi connectivity index (χ0v) is 10.5. The summed E-state index contributed by atoms with van der Waals surface area (Å²) in [5.74, 6) is 0.410. The van der Waals surface area contributed by atoms with Crippen molar-refractivity contribution in [2.45, 2.75) is 17.9 Å². The monoisotopic (exact) mass is 243 g/mol. The van der Waals surface area contributed by atoms with Crippen LogP contribution in [0.1, 0.15) is 6.92 Å². The molecular formula is C11H17NO3S. The second-order valence-corrected chi connectivity index (χ2v) is 5.69. The number of ether oxygens (including phenoxy) is 1. The Kier molecular flexibility index (Phi) is 4.32. The fourth-order valence-electron chi connectivity index (χ4n) is 1.40. The summed E-state index contributed by atoms with van der Waals surface area (Å²) in [6.45, 7) is 2.55. The first-order valence-electron chi connectivity index (χ1n) is 5.05. The van der Waals surface area contributed by atoms with Gasteiger partial charge in [-0.25, -0.2) is 8.42 Å². The normalized spacial score (nSPS) is 13.4. The Hall–Kier alpha value is -1.07. The lowest BCUT2D eigenvalue weighted by atomic mass is 10.3. The minimum atomic E-state index is -3.24. The van der Waals surface area contributed by atoms with Gasteiger partial charge in [0.25, 0.3) is 0 Å². The van der Waals surface area contributed by atoms with Crippen LogP contribution in [0.25, 0.3) is 0 Å². The molecule has 90 valence electrons. The van der Waals surface area contributed by atoms with E-state index < -0.39 is 9.84 Å². The Morgan fingerprint density at radius 2 is 2.00 bits per heavy atom. The molecule has 0 aliphatic rings. The van der Waals surface area contributed by atoms with Crippen molar-refractivity contribution in [1.82, 2.24) is 5.32 Å². The molecule has 0 saturated carbocycles. The van der Waals surface area contributed by atoms with Gasteiger partial charge < -0.3 is 10.1 Å². The van der Waals surface area contributed by atoms with Crippen molar-refractivity contribution >= 4 is 9.84 Å². The van der Waals surface area contributed by atoms with E-state index in [0.29, 0.717) is 12.3 Å². The first-order valence-corrected chi connectivity index (χ1v) is 6.94. The molecule has 0 radical (unpaired) electrons. The molecule has 1 N–H and O–H groups in total. The average Bonchev–Trinajstić information content (AvgIpc) is 2.17. The lowest BCUT2D eigenvalue weighted by Gasteiger charge is -2.16. The van der Waals surface area contributed by atoms with Crippen LogP contribution in [-0.2, 0) is 9.84 Å². The first-order chi connectivity index (χ1) is 7.45. The second kappa shape index (κ2) is 5.32. The van der Waals surface area contributed by atoms with Crippen LogP contribution >= 0.6 is 0 Å². The molecule has 0 saturated heterocycles. The van der Waals surface area contributed by atoms with Gasteiger partial charge in [0.2, 0.25) is 0 Å². The third-order valence-corrected chi connectivity index (χ3v) is 3.20. The highest BCUT2D eigenvalue weighted by atomic mass is 32.2. The van der Waals surface area contributed by atoms with Crippen LogP contribution in [0.5, 0.6) is 5.75 Å². The smallest absolute Gasteiger partial charge is 0.179 e. The van der Waals surface area contributed by atoms with E-state index in [1.54, 1.807) is 24.3 Å². The Labute approximate surface area is 96.5 Å². The summed E-state index contributed by atoms with van der Waals surface area (Å²) >= 11 is 0. The molecule has 0 aliphatic heterocycles. The van der Waals surface area contributed by atoms with Crippen LogP contribution < -0.4 is 10.1 Å². The number of hydrogen-bond donors (Lipinski definition) is 1. The summed E-state index contributed by atoms with van der Waals surface area (Å²) in [5.41, 5.74) is 0. The summed E-state index contributed by atoms with van der Waals surface area (Å²) in [4.78, 5) is 0.234. The van der Waals surface area contributed by atoms with E-state index in [1.165, 1.54) is 6.26 Å². The van der Waals surface area contributed by atoms with Crippen molar-refractivity contribution in [2.75, 3.05) is 19.8 Å². The summed E-state index contributed by atoms with van der Waals surface area (Å²) < 4.78 is 28.6. The Balaban J connectivity index is 2.96. The minimum Gasteiger partial charge on any atom is -0.488 e. The van der Waals surface area contributed by atoms with E-state index in [4.69, 9.17) is 4.74 Å². The zero-order chi connectivity index (χ0) is 12.2. The highest BCUT2D eigenvalue weighted by Gasteiger charge is 2.15. The van der Waals surface area contributed by atoms with Crippen LogP contribution in [0.3, 0.4) is 0 Å². The molecule has 0 aliphatic carbocycles. The van der Waals surface area contributed by atoms with Gasteiger partial charge in [-0.2, -0.15) is 0 Å². The van der Waals surface area contributed by atoms with Crippen molar-refractivity contribution in [3.05, 3.63) is 24.3 Å². The maximum absolute atomic E-state index is 11.5. The van der Waals surface area contributed by atoms with Crippen LogP contribution in [0, 0.1) is 0 Å². The predicted octanol–water partition coefficient (Wildman–Crippen LogP) is 1.08. The van der Waals surface area contributed by atoms with Crippen molar-refractivity contribution in [3.8, 4) is 5.75 Å². The molecule has 0 heterocycles. The van der Waals surface area contributed by atoms with Gasteiger partial charge in [-0.1, -0.05) is 12.1 Å². The minimum absolute atomic E-state index is 0.0760. The Bertz CT molecular complexity index is 442. The highest BCUT2D eigenvalue weighted by Crippen LogP contribution is 2.23. The fourth-order valence-corrected chi connectivity index (χ4v) is 2.21. The molecule has 1 aromatic rings. The largest absolute Gasteiger partial charge is 0.488 e. The zero-order valence-electron chi connectivity index (χ0n) is 9.73. The predicted molar refractivity (Wildman–Crippen MR) is 63.6 cm³/mol. The average molecular weight is 243 g/mol. The van der Waals surface area contributed by atoms with Crippen LogP contribution in [-0.4, -0.2) is 34.4 Å². The number of benzene rings is 1. The Morgan fingerprint density at radius 3 is 2.56 bits per heavy atom. The molecule has 1 aromatic carbocycles. The molecule has 1 unspecified atom stereocenters. The maximum atomic E-state index is 11.5. The van der Waals surface area contributed by atoms with Gasteiger partial charge in [-0.15, -0.1) is 0 Å². The van der Waals surface area contributed by atoms with Crippen molar-refractivity contribution in [3.63, 3.8) is 0 Å². The molecule has 4 nitrogen and oxygen atoms in total. The number of nitrogens with one attached hydrogen (secondary N) is 1. The van der Waals surface area contributed by atoms with Gasteiger partial charge >= 0.3 is 0 Å². The number of sulfone groups is 1. The second-order valence-electron chi connectivity index (χ2n) is 3.71. The lowest BCUT2D eigenvalue weighted by molar-refractivity contribution is 0.215. The van der Waals surface area contributed by atoms with Crippen LogP contribution in [0.15, 0.2) is 29.2 Å². The third-order valence-electron chi connectivity index (χ3n) is 2.07. The van der Waals surface area contributed by atoms with E-state index in [1.807, 2.05) is 14.0 Å². The summed E-state index contributed by atoms with van der Waals surface area (Å²) in [6.07, 6.45) is 1.10. The van der Waals surface area contributed by atoms with E-state index in [9.17, 15) is 8.42 Å². The highest BCUT2D eigenvalue weighted by molar-refractivity contribution is 7.90. The third kappa shape index (κ3) is 3.50. The van der Waals surface area contributed by atoms with E-state index >= 15 is 0 Å². The van der Waals surface area contributed by atoms with Crippen LogP contribution in [0.2, 0.25) is 0 Å². The molecule has 0 amide bonds. The number of likely N-dealkylation sites (N-methyl/N-ethyl adjacent to an activating group) is 1. The van der Waals surface area contributed by atoms with Crippen LogP contribution in [0.4, 0.5) is 0 Å². The molecule has 16 heavy (non-hydrogen) atoms. The summed E-state index contributed by atoms with van der Waals surface area (Å²) in [7, 11) is -1.42. The molecule has 0 aromatic heterocycles. The molecule has 1 atom stereocenters. The van der Waals surface area contributed by atoms with Crippen molar-refractivity contribution in [1.29, 1.82) is 0 Å². The molecule has 0 fully saturated rings. The number of rotatable bonds is 5. The van der Waals surface area contributed by atoms with Gasteiger partial charge in [0, 0.05) is 12.8 Å². The van der Waals surface area contributed by atoms with Gasteiger partial charge in [0.05, 0.1) is 0 Å². The number of para-hydroxylation sites is 1. The van der Waals surface area contributed by atoms with Gasteiger partial charge in [0.1, 0.15) is 16.7 Å². The lowest BCUT2D eigenvalue weighted by Crippen LogP contribution is -2.26. The molecule has 1 rings (SSSR count). The maximum Gasteiger partial charge on any atom is 0.179 e. The molecule has 0 bridgehead atoms. The van der Waals surface area contributed by atoms with Gasteiger partial charge in [-0.3, -0.25) is 0 Å². The molecule has 0 spiro atoms. The molecular weight excluding hydrogens is 226 g/mol. The first kappa shape index (κ1) is 13.0. The van der Waals surface area contributed by atoms with Gasteiger partial charge in [0.15, 0.2) is 9.84 Å². The SMILES string of the molecule is CNCC(C)Oc1ccccc1S(C)(=O)=O. The summed E-state index contributed by atoms with van der Waals surface area (Å²) in [5, 5.41) is 2.97. The van der Waals surface area contributed by atoms with E-state index in [-0.39, 0.29) is 11.0 Å². The molecule has 5 heteroatoms. The quantitative estimate of drug-likeness (QED) is 0.840. The topological polar surface area (TPSA) is 55.4 Å². The summed E-state index contributed by atoms with van der Waals surface area (Å²) in [6, 6.07) is 6.67. The van der Waals surface area contributed by atoms with Crippen molar-refractivity contribution in [2.24, 2.45) is 0 Å². The van der Waals surface area contributed by atoms with E-state index in [2.05, 4.69) is 5.32 Å². The number of hydrogen-bond acceptors (Lipinski definition) is 4. The standard InChI is InChI=1S/C11H17NO3S/c1-9(8-12-2)15-10-6-4-5-7-11(10)16(3,13)14/h4-7,9,12H,8H2,1-3H3. The van der Waals surface area contributed by atoms with Gasteiger partial charge in [-0.05, 0) is 26.1 Å². The van der Waals surface area contributed by atoms with E-state index in [0.717, 1.165) is 0 Å².